The van der Waals surface area contributed by atoms with Crippen LogP contribution in [0.5, 0.6) is 0 Å². The maximum absolute atomic E-state index is 12.5. The summed E-state index contributed by atoms with van der Waals surface area (Å²) in [6.07, 6.45) is 3.57. The summed E-state index contributed by atoms with van der Waals surface area (Å²) in [5, 5.41) is 3.40. The van der Waals surface area contributed by atoms with E-state index in [1.54, 1.807) is 0 Å². The van der Waals surface area contributed by atoms with E-state index in [0.29, 0.717) is 11.8 Å². The maximum atomic E-state index is 12.5. The van der Waals surface area contributed by atoms with Gasteiger partial charge in [0.2, 0.25) is 5.91 Å². The Labute approximate surface area is 104 Å². The van der Waals surface area contributed by atoms with Gasteiger partial charge in [-0.25, -0.2) is 0 Å². The van der Waals surface area contributed by atoms with Crippen LogP contribution in [0, 0.1) is 11.3 Å². The summed E-state index contributed by atoms with van der Waals surface area (Å²) < 4.78 is 0. The van der Waals surface area contributed by atoms with Crippen LogP contribution in [0.2, 0.25) is 0 Å². The minimum atomic E-state index is -0.0357. The third kappa shape index (κ3) is 1.95. The fraction of sp³-hybridized carbons (Fsp3) is 0.917. The molecule has 1 saturated heterocycles. The summed E-state index contributed by atoms with van der Waals surface area (Å²) in [5.41, 5.74) is -0.0357. The first kappa shape index (κ1) is 13.8. The van der Waals surface area contributed by atoms with Gasteiger partial charge in [0, 0.05) is 19.6 Å². The number of carbonyl (C=O) groups excluding carboxylic acids is 1. The lowest BCUT2D eigenvalue weighted by atomic mass is 9.79. The van der Waals surface area contributed by atoms with E-state index in [2.05, 4.69) is 19.2 Å². The van der Waals surface area contributed by atoms with Gasteiger partial charge in [-0.05, 0) is 39.2 Å². The topological polar surface area (TPSA) is 32.3 Å². The van der Waals surface area contributed by atoms with Gasteiger partial charge in [0.1, 0.15) is 0 Å². The van der Waals surface area contributed by atoms with Gasteiger partial charge in [0.25, 0.3) is 0 Å². The molecule has 2 fully saturated rings. The molecule has 2 aliphatic rings. The van der Waals surface area contributed by atoms with Crippen molar-refractivity contribution in [3.63, 3.8) is 0 Å². The van der Waals surface area contributed by atoms with Crippen molar-refractivity contribution < 1.29 is 4.79 Å². The van der Waals surface area contributed by atoms with Crippen LogP contribution in [0.3, 0.4) is 0 Å². The van der Waals surface area contributed by atoms with Crippen LogP contribution in [0.1, 0.15) is 33.1 Å². The van der Waals surface area contributed by atoms with Gasteiger partial charge in [-0.2, -0.15) is 0 Å². The van der Waals surface area contributed by atoms with Crippen LogP contribution in [0.15, 0.2) is 0 Å². The fourth-order valence-electron chi connectivity index (χ4n) is 3.33. The van der Waals surface area contributed by atoms with E-state index in [-0.39, 0.29) is 17.8 Å². The Bertz CT molecular complexity index is 243. The summed E-state index contributed by atoms with van der Waals surface area (Å²) in [7, 11) is 0. The van der Waals surface area contributed by atoms with Gasteiger partial charge in [-0.15, -0.1) is 12.4 Å². The fourth-order valence-corrected chi connectivity index (χ4v) is 3.33. The lowest BCUT2D eigenvalue weighted by Gasteiger charge is -2.33. The molecule has 2 atom stereocenters. The van der Waals surface area contributed by atoms with Gasteiger partial charge < -0.3 is 10.2 Å². The molecule has 0 aromatic carbocycles. The highest BCUT2D eigenvalue weighted by Gasteiger charge is 2.52. The molecule has 4 heteroatoms. The van der Waals surface area contributed by atoms with E-state index in [9.17, 15) is 4.79 Å². The van der Waals surface area contributed by atoms with Crippen molar-refractivity contribution in [2.45, 2.75) is 33.1 Å². The number of fused-ring (bicyclic) bond motifs is 1. The number of hydrogen-bond acceptors (Lipinski definition) is 2. The first-order chi connectivity index (χ1) is 7.24. The predicted molar refractivity (Wildman–Crippen MR) is 67.8 cm³/mol. The van der Waals surface area contributed by atoms with Crippen molar-refractivity contribution in [2.75, 3.05) is 26.2 Å². The Morgan fingerprint density at radius 1 is 1.44 bits per heavy atom. The molecular weight excluding hydrogens is 224 g/mol. The number of nitrogens with one attached hydrogen (secondary N) is 1. The highest BCUT2D eigenvalue weighted by atomic mass is 35.5. The molecule has 3 nitrogen and oxygen atoms in total. The van der Waals surface area contributed by atoms with Crippen LogP contribution in [-0.4, -0.2) is 37.0 Å². The minimum absolute atomic E-state index is 0. The van der Waals surface area contributed by atoms with Crippen LogP contribution < -0.4 is 5.32 Å². The second-order valence-electron chi connectivity index (χ2n) is 4.85. The van der Waals surface area contributed by atoms with Crippen molar-refractivity contribution >= 4 is 18.3 Å². The normalized spacial score (nSPS) is 32.0. The molecule has 2 rings (SSSR count). The molecule has 1 amide bonds. The Morgan fingerprint density at radius 2 is 2.12 bits per heavy atom. The molecule has 0 unspecified atom stereocenters. The number of carbonyl (C=O) groups is 1. The summed E-state index contributed by atoms with van der Waals surface area (Å²) in [4.78, 5) is 14.5. The number of halogens is 1. The van der Waals surface area contributed by atoms with Crippen molar-refractivity contribution in [3.8, 4) is 0 Å². The predicted octanol–water partition coefficient (Wildman–Crippen LogP) is 1.67. The van der Waals surface area contributed by atoms with Crippen LogP contribution in [0.25, 0.3) is 0 Å². The Kier molecular flexibility index (Phi) is 4.62. The number of rotatable bonds is 3. The zero-order valence-electron chi connectivity index (χ0n) is 10.3. The standard InChI is InChI=1S/C12H22N2O.ClH/c1-3-14(4-2)11(15)12-7-5-6-10(12)8-13-9-12;/h10,13H,3-9H2,1-2H3;1H/t10-,12-;/m1./s1. The van der Waals surface area contributed by atoms with Gasteiger partial charge >= 0.3 is 0 Å². The highest BCUT2D eigenvalue weighted by Crippen LogP contribution is 2.46. The van der Waals surface area contributed by atoms with Crippen molar-refractivity contribution in [2.24, 2.45) is 11.3 Å². The van der Waals surface area contributed by atoms with Crippen LogP contribution in [0.4, 0.5) is 0 Å². The van der Waals surface area contributed by atoms with Gasteiger partial charge in [-0.3, -0.25) is 4.79 Å². The van der Waals surface area contributed by atoms with Gasteiger partial charge in [0.05, 0.1) is 5.41 Å². The lowest BCUT2D eigenvalue weighted by molar-refractivity contribution is -0.142. The number of hydrogen-bond donors (Lipinski definition) is 1. The molecule has 0 aromatic heterocycles. The zero-order valence-corrected chi connectivity index (χ0v) is 11.1. The van der Waals surface area contributed by atoms with E-state index in [4.69, 9.17) is 0 Å². The molecule has 94 valence electrons. The molecule has 0 radical (unpaired) electrons. The van der Waals surface area contributed by atoms with E-state index in [1.807, 2.05) is 4.90 Å². The summed E-state index contributed by atoms with van der Waals surface area (Å²) >= 11 is 0. The maximum Gasteiger partial charge on any atom is 0.230 e. The van der Waals surface area contributed by atoms with E-state index in [0.717, 1.165) is 32.6 Å². The molecule has 1 aliphatic heterocycles. The van der Waals surface area contributed by atoms with Crippen molar-refractivity contribution in [1.29, 1.82) is 0 Å². The minimum Gasteiger partial charge on any atom is -0.343 e. The second kappa shape index (κ2) is 5.37. The molecule has 0 spiro atoms. The van der Waals surface area contributed by atoms with Crippen LogP contribution in [-0.2, 0) is 4.79 Å². The Morgan fingerprint density at radius 3 is 2.75 bits per heavy atom. The lowest BCUT2D eigenvalue weighted by Crippen LogP contribution is -2.46. The number of amides is 1. The molecule has 1 aliphatic carbocycles. The molecule has 0 bridgehead atoms. The molecular formula is C12H23ClN2O. The second-order valence-corrected chi connectivity index (χ2v) is 4.85. The summed E-state index contributed by atoms with van der Waals surface area (Å²) in [5.74, 6) is 1.01. The van der Waals surface area contributed by atoms with E-state index >= 15 is 0 Å². The van der Waals surface area contributed by atoms with E-state index in [1.165, 1.54) is 12.8 Å². The van der Waals surface area contributed by atoms with Crippen LogP contribution >= 0.6 is 12.4 Å². The molecule has 0 aromatic rings. The monoisotopic (exact) mass is 246 g/mol. The highest BCUT2D eigenvalue weighted by molar-refractivity contribution is 5.85. The Hall–Kier alpha value is -0.280. The molecule has 1 saturated carbocycles. The zero-order chi connectivity index (χ0) is 10.9. The van der Waals surface area contributed by atoms with Crippen molar-refractivity contribution in [3.05, 3.63) is 0 Å². The first-order valence-electron chi connectivity index (χ1n) is 6.24. The summed E-state index contributed by atoms with van der Waals surface area (Å²) in [6, 6.07) is 0. The Balaban J connectivity index is 0.00000128. The molecule has 1 N–H and O–H groups in total. The van der Waals surface area contributed by atoms with Crippen molar-refractivity contribution in [1.82, 2.24) is 10.2 Å². The third-order valence-electron chi connectivity index (χ3n) is 4.26. The van der Waals surface area contributed by atoms with E-state index < -0.39 is 0 Å². The average Bonchev–Trinajstić information content (AvgIpc) is 2.77. The first-order valence-corrected chi connectivity index (χ1v) is 6.24. The van der Waals surface area contributed by atoms with Gasteiger partial charge in [0.15, 0.2) is 0 Å². The third-order valence-corrected chi connectivity index (χ3v) is 4.26. The smallest absolute Gasteiger partial charge is 0.230 e. The van der Waals surface area contributed by atoms with Gasteiger partial charge in [-0.1, -0.05) is 6.42 Å². The molecule has 16 heavy (non-hydrogen) atoms. The quantitative estimate of drug-likeness (QED) is 0.822. The number of nitrogens with zero attached hydrogens (tertiary/aromatic N) is 1. The largest absolute Gasteiger partial charge is 0.343 e. The summed E-state index contributed by atoms with van der Waals surface area (Å²) in [6.45, 7) is 7.81. The average molecular weight is 247 g/mol. The SMILES string of the molecule is CCN(CC)C(=O)[C@@]12CCC[C@@H]1CNC2.Cl. The molecule has 1 heterocycles.